The smallest absolute Gasteiger partial charge is 0.0824 e. The quantitative estimate of drug-likeness (QED) is 0.801. The lowest BCUT2D eigenvalue weighted by atomic mass is 9.70. The number of nitriles is 1. The van der Waals surface area contributed by atoms with Crippen molar-refractivity contribution in [3.05, 3.63) is 34.9 Å². The molecule has 0 amide bonds. The summed E-state index contributed by atoms with van der Waals surface area (Å²) in [6, 6.07) is 10.2. The van der Waals surface area contributed by atoms with Crippen LogP contribution in [-0.2, 0) is 10.2 Å². The van der Waals surface area contributed by atoms with Crippen LogP contribution in [0.1, 0.15) is 31.2 Å². The minimum absolute atomic E-state index is 0.302. The topological polar surface area (TPSA) is 33.0 Å². The first kappa shape index (κ1) is 12.4. The van der Waals surface area contributed by atoms with E-state index in [9.17, 15) is 5.26 Å². The van der Waals surface area contributed by atoms with Crippen molar-refractivity contribution in [1.29, 1.82) is 5.26 Å². The maximum absolute atomic E-state index is 9.51. The minimum atomic E-state index is -0.375. The second-order valence-electron chi connectivity index (χ2n) is 4.64. The summed E-state index contributed by atoms with van der Waals surface area (Å²) in [5, 5.41) is 10.2. The fourth-order valence-corrected chi connectivity index (χ4v) is 2.76. The van der Waals surface area contributed by atoms with Gasteiger partial charge in [0.15, 0.2) is 0 Å². The number of halogens is 1. The largest absolute Gasteiger partial charge is 0.381 e. The van der Waals surface area contributed by atoms with Crippen molar-refractivity contribution in [1.82, 2.24) is 0 Å². The van der Waals surface area contributed by atoms with E-state index < -0.39 is 0 Å². The molecule has 1 aliphatic rings. The van der Waals surface area contributed by atoms with Crippen molar-refractivity contribution in [3.63, 3.8) is 0 Å². The third-order valence-electron chi connectivity index (χ3n) is 3.71. The SMILES string of the molecule is COC1CCC(C#N)(c2cccc(Cl)c2)CC1. The van der Waals surface area contributed by atoms with Crippen molar-refractivity contribution in [2.45, 2.75) is 37.2 Å². The molecule has 1 fully saturated rings. The Morgan fingerprint density at radius 3 is 2.65 bits per heavy atom. The molecule has 0 atom stereocenters. The van der Waals surface area contributed by atoms with Crippen molar-refractivity contribution in [3.8, 4) is 6.07 Å². The molecule has 1 aliphatic carbocycles. The summed E-state index contributed by atoms with van der Waals surface area (Å²) >= 11 is 6.00. The normalized spacial score (nSPS) is 28.6. The minimum Gasteiger partial charge on any atom is -0.381 e. The number of benzene rings is 1. The molecule has 2 rings (SSSR count). The highest BCUT2D eigenvalue weighted by atomic mass is 35.5. The number of nitrogens with zero attached hydrogens (tertiary/aromatic N) is 1. The monoisotopic (exact) mass is 249 g/mol. The Kier molecular flexibility index (Phi) is 3.71. The highest BCUT2D eigenvalue weighted by Crippen LogP contribution is 2.40. The van der Waals surface area contributed by atoms with Crippen LogP contribution in [0.3, 0.4) is 0 Å². The molecule has 0 saturated heterocycles. The molecule has 0 radical (unpaired) electrons. The lowest BCUT2D eigenvalue weighted by Crippen LogP contribution is -2.33. The van der Waals surface area contributed by atoms with Crippen molar-refractivity contribution >= 4 is 11.6 Å². The first-order valence-electron chi connectivity index (χ1n) is 5.90. The van der Waals surface area contributed by atoms with Gasteiger partial charge in [0.1, 0.15) is 0 Å². The van der Waals surface area contributed by atoms with E-state index in [-0.39, 0.29) is 5.41 Å². The van der Waals surface area contributed by atoms with Crippen LogP contribution in [-0.4, -0.2) is 13.2 Å². The molecule has 3 heteroatoms. The zero-order chi connectivity index (χ0) is 12.3. The summed E-state index contributed by atoms with van der Waals surface area (Å²) in [6.07, 6.45) is 3.88. The Bertz CT molecular complexity index is 430. The zero-order valence-corrected chi connectivity index (χ0v) is 10.7. The van der Waals surface area contributed by atoms with Crippen LogP contribution in [0, 0.1) is 11.3 Å². The van der Waals surface area contributed by atoms with Gasteiger partial charge in [0.2, 0.25) is 0 Å². The van der Waals surface area contributed by atoms with E-state index in [4.69, 9.17) is 16.3 Å². The molecule has 90 valence electrons. The Morgan fingerprint density at radius 1 is 1.41 bits per heavy atom. The molecule has 0 N–H and O–H groups in total. The van der Waals surface area contributed by atoms with Gasteiger partial charge in [-0.15, -0.1) is 0 Å². The molecule has 1 aromatic carbocycles. The molecule has 1 aromatic rings. The molecular weight excluding hydrogens is 234 g/mol. The maximum atomic E-state index is 9.51. The summed E-state index contributed by atoms with van der Waals surface area (Å²) in [4.78, 5) is 0. The number of methoxy groups -OCH3 is 1. The molecule has 0 bridgehead atoms. The summed E-state index contributed by atoms with van der Waals surface area (Å²) < 4.78 is 5.35. The lowest BCUT2D eigenvalue weighted by Gasteiger charge is -2.34. The van der Waals surface area contributed by atoms with E-state index in [1.807, 2.05) is 24.3 Å². The summed E-state index contributed by atoms with van der Waals surface area (Å²) in [5.41, 5.74) is 0.668. The van der Waals surface area contributed by atoms with E-state index in [1.165, 1.54) is 0 Å². The average molecular weight is 250 g/mol. The molecule has 0 spiro atoms. The molecule has 0 heterocycles. The third-order valence-corrected chi connectivity index (χ3v) is 3.95. The van der Waals surface area contributed by atoms with Crippen LogP contribution in [0.5, 0.6) is 0 Å². The predicted octanol–water partition coefficient (Wildman–Crippen LogP) is 3.69. The van der Waals surface area contributed by atoms with Crippen molar-refractivity contribution in [2.24, 2.45) is 0 Å². The summed E-state index contributed by atoms with van der Waals surface area (Å²) in [6.45, 7) is 0. The Balaban J connectivity index is 2.25. The van der Waals surface area contributed by atoms with Crippen molar-refractivity contribution in [2.75, 3.05) is 7.11 Å². The summed E-state index contributed by atoms with van der Waals surface area (Å²) in [7, 11) is 1.74. The van der Waals surface area contributed by atoms with Gasteiger partial charge < -0.3 is 4.74 Å². The molecule has 2 nitrogen and oxygen atoms in total. The van der Waals surface area contributed by atoms with Crippen LogP contribution in [0.2, 0.25) is 5.02 Å². The first-order valence-corrected chi connectivity index (χ1v) is 6.28. The van der Waals surface area contributed by atoms with E-state index in [0.29, 0.717) is 11.1 Å². The Hall–Kier alpha value is -1.04. The van der Waals surface area contributed by atoms with Gasteiger partial charge in [-0.2, -0.15) is 5.26 Å². The van der Waals surface area contributed by atoms with E-state index in [2.05, 4.69) is 6.07 Å². The maximum Gasteiger partial charge on any atom is 0.0824 e. The lowest BCUT2D eigenvalue weighted by molar-refractivity contribution is 0.0573. The fourth-order valence-electron chi connectivity index (χ4n) is 2.57. The van der Waals surface area contributed by atoms with Crippen molar-refractivity contribution < 1.29 is 4.74 Å². The van der Waals surface area contributed by atoms with Gasteiger partial charge in [-0.1, -0.05) is 23.7 Å². The van der Waals surface area contributed by atoms with Crippen LogP contribution in [0.4, 0.5) is 0 Å². The van der Waals surface area contributed by atoms with E-state index >= 15 is 0 Å². The van der Waals surface area contributed by atoms with Gasteiger partial charge in [0.05, 0.1) is 17.6 Å². The Morgan fingerprint density at radius 2 is 2.12 bits per heavy atom. The predicted molar refractivity (Wildman–Crippen MR) is 68.0 cm³/mol. The highest BCUT2D eigenvalue weighted by Gasteiger charge is 2.37. The number of hydrogen-bond acceptors (Lipinski definition) is 2. The van der Waals surface area contributed by atoms with Gasteiger partial charge in [0.25, 0.3) is 0 Å². The number of ether oxygens (including phenoxy) is 1. The molecule has 0 aromatic heterocycles. The second-order valence-corrected chi connectivity index (χ2v) is 5.08. The summed E-state index contributed by atoms with van der Waals surface area (Å²) in [5.74, 6) is 0. The standard InChI is InChI=1S/C14H16ClNO/c1-17-13-5-7-14(10-16,8-6-13)11-3-2-4-12(15)9-11/h2-4,9,13H,5-8H2,1H3. The molecule has 0 unspecified atom stereocenters. The number of rotatable bonds is 2. The first-order chi connectivity index (χ1) is 8.20. The van der Waals surface area contributed by atoms with Crippen LogP contribution >= 0.6 is 11.6 Å². The average Bonchev–Trinajstić information content (AvgIpc) is 2.39. The van der Waals surface area contributed by atoms with E-state index in [1.54, 1.807) is 7.11 Å². The van der Waals surface area contributed by atoms with Gasteiger partial charge in [-0.05, 0) is 43.4 Å². The van der Waals surface area contributed by atoms with Crippen LogP contribution in [0.15, 0.2) is 24.3 Å². The molecule has 17 heavy (non-hydrogen) atoms. The van der Waals surface area contributed by atoms with E-state index in [0.717, 1.165) is 31.2 Å². The second kappa shape index (κ2) is 5.08. The van der Waals surface area contributed by atoms with Gasteiger partial charge in [-0.3, -0.25) is 0 Å². The van der Waals surface area contributed by atoms with Crippen LogP contribution < -0.4 is 0 Å². The molecule has 0 aliphatic heterocycles. The molecule has 1 saturated carbocycles. The van der Waals surface area contributed by atoms with Crippen LogP contribution in [0.25, 0.3) is 0 Å². The zero-order valence-electron chi connectivity index (χ0n) is 9.95. The van der Waals surface area contributed by atoms with Gasteiger partial charge in [-0.25, -0.2) is 0 Å². The fraction of sp³-hybridized carbons (Fsp3) is 0.500. The molecular formula is C14H16ClNO. The number of hydrogen-bond donors (Lipinski definition) is 0. The Labute approximate surface area is 107 Å². The third kappa shape index (κ3) is 2.46. The van der Waals surface area contributed by atoms with Gasteiger partial charge in [0, 0.05) is 12.1 Å². The highest BCUT2D eigenvalue weighted by molar-refractivity contribution is 6.30. The van der Waals surface area contributed by atoms with Gasteiger partial charge >= 0.3 is 0 Å².